The standard InChI is InChI=1S/C14H19BrN2O2/c15-11-4-5-12(13(16)6-11)14(19)17-7-9-2-1-3-10(9)8-18/h4-6,9-10,18H,1-3,7-8,16H2,(H,17,19). The van der Waals surface area contributed by atoms with E-state index < -0.39 is 0 Å². The quantitative estimate of drug-likeness (QED) is 0.742. The van der Waals surface area contributed by atoms with Crippen LogP contribution in [0.15, 0.2) is 22.7 Å². The average molecular weight is 327 g/mol. The van der Waals surface area contributed by atoms with Crippen LogP contribution in [0.25, 0.3) is 0 Å². The second kappa shape index (κ2) is 6.39. The highest BCUT2D eigenvalue weighted by molar-refractivity contribution is 9.10. The Kier molecular flexibility index (Phi) is 4.82. The Morgan fingerprint density at radius 3 is 2.84 bits per heavy atom. The highest BCUT2D eigenvalue weighted by atomic mass is 79.9. The van der Waals surface area contributed by atoms with Gasteiger partial charge in [0.05, 0.1) is 5.56 Å². The minimum atomic E-state index is -0.145. The fraction of sp³-hybridized carbons (Fsp3) is 0.500. The second-order valence-corrected chi connectivity index (χ2v) is 5.99. The number of hydrogen-bond acceptors (Lipinski definition) is 3. The predicted octanol–water partition coefficient (Wildman–Crippen LogP) is 2.17. The van der Waals surface area contributed by atoms with Crippen LogP contribution in [-0.2, 0) is 0 Å². The zero-order valence-electron chi connectivity index (χ0n) is 10.7. The van der Waals surface area contributed by atoms with Gasteiger partial charge < -0.3 is 16.2 Å². The molecule has 0 radical (unpaired) electrons. The van der Waals surface area contributed by atoms with Gasteiger partial charge in [0, 0.05) is 23.3 Å². The Bertz CT molecular complexity index is 465. The second-order valence-electron chi connectivity index (χ2n) is 5.08. The molecule has 1 aliphatic rings. The minimum absolute atomic E-state index is 0.145. The monoisotopic (exact) mass is 326 g/mol. The number of benzene rings is 1. The maximum atomic E-state index is 12.1. The number of nitrogens with one attached hydrogen (secondary N) is 1. The topological polar surface area (TPSA) is 75.4 Å². The first kappa shape index (κ1) is 14.3. The Morgan fingerprint density at radius 1 is 1.42 bits per heavy atom. The summed E-state index contributed by atoms with van der Waals surface area (Å²) in [4.78, 5) is 12.1. The van der Waals surface area contributed by atoms with Crippen LogP contribution in [0.2, 0.25) is 0 Å². The van der Waals surface area contributed by atoms with Crippen molar-refractivity contribution in [1.82, 2.24) is 5.32 Å². The van der Waals surface area contributed by atoms with Gasteiger partial charge in [0.1, 0.15) is 0 Å². The molecule has 4 N–H and O–H groups in total. The molecule has 1 amide bonds. The van der Waals surface area contributed by atoms with E-state index in [4.69, 9.17) is 5.73 Å². The van der Waals surface area contributed by atoms with Gasteiger partial charge in [-0.25, -0.2) is 0 Å². The molecule has 1 aromatic rings. The zero-order valence-corrected chi connectivity index (χ0v) is 12.3. The Morgan fingerprint density at radius 2 is 2.16 bits per heavy atom. The van der Waals surface area contributed by atoms with E-state index in [2.05, 4.69) is 21.2 Å². The van der Waals surface area contributed by atoms with Crippen molar-refractivity contribution in [3.8, 4) is 0 Å². The van der Waals surface area contributed by atoms with E-state index in [0.29, 0.717) is 29.6 Å². The molecule has 1 saturated carbocycles. The maximum Gasteiger partial charge on any atom is 0.253 e. The number of halogens is 1. The van der Waals surface area contributed by atoms with Gasteiger partial charge in [0.15, 0.2) is 0 Å². The van der Waals surface area contributed by atoms with Crippen LogP contribution in [0.3, 0.4) is 0 Å². The first-order valence-electron chi connectivity index (χ1n) is 6.56. The van der Waals surface area contributed by atoms with Gasteiger partial charge in [-0.3, -0.25) is 4.79 Å². The third kappa shape index (κ3) is 3.48. The molecule has 5 heteroatoms. The Balaban J connectivity index is 1.94. The molecule has 2 atom stereocenters. The van der Waals surface area contributed by atoms with Gasteiger partial charge in [0.2, 0.25) is 0 Å². The molecule has 1 aromatic carbocycles. The molecule has 2 unspecified atom stereocenters. The summed E-state index contributed by atoms with van der Waals surface area (Å²) in [6.07, 6.45) is 3.25. The largest absolute Gasteiger partial charge is 0.398 e. The van der Waals surface area contributed by atoms with Gasteiger partial charge in [-0.1, -0.05) is 22.4 Å². The molecule has 1 aliphatic carbocycles. The Hall–Kier alpha value is -1.07. The van der Waals surface area contributed by atoms with Crippen molar-refractivity contribution >= 4 is 27.5 Å². The average Bonchev–Trinajstić information content (AvgIpc) is 2.83. The number of aliphatic hydroxyl groups is 1. The third-order valence-electron chi connectivity index (χ3n) is 3.83. The van der Waals surface area contributed by atoms with Crippen LogP contribution in [-0.4, -0.2) is 24.2 Å². The molecule has 1 fully saturated rings. The number of carbonyl (C=O) groups excluding carboxylic acids is 1. The van der Waals surface area contributed by atoms with Crippen LogP contribution in [0, 0.1) is 11.8 Å². The normalized spacial score (nSPS) is 22.4. The highest BCUT2D eigenvalue weighted by Gasteiger charge is 2.26. The van der Waals surface area contributed by atoms with Crippen molar-refractivity contribution in [3.05, 3.63) is 28.2 Å². The highest BCUT2D eigenvalue weighted by Crippen LogP contribution is 2.30. The molecule has 0 bridgehead atoms. The van der Waals surface area contributed by atoms with Crippen LogP contribution < -0.4 is 11.1 Å². The SMILES string of the molecule is Nc1cc(Br)ccc1C(=O)NCC1CCCC1CO. The summed E-state index contributed by atoms with van der Waals surface area (Å²) < 4.78 is 0.859. The van der Waals surface area contributed by atoms with Crippen LogP contribution in [0.5, 0.6) is 0 Å². The molecule has 4 nitrogen and oxygen atoms in total. The van der Waals surface area contributed by atoms with Crippen LogP contribution in [0.1, 0.15) is 29.6 Å². The smallest absolute Gasteiger partial charge is 0.253 e. The number of amides is 1. The lowest BCUT2D eigenvalue weighted by atomic mass is 9.97. The van der Waals surface area contributed by atoms with Crippen LogP contribution in [0.4, 0.5) is 5.69 Å². The molecule has 0 saturated heterocycles. The van der Waals surface area contributed by atoms with Crippen molar-refractivity contribution in [2.45, 2.75) is 19.3 Å². The molecule has 19 heavy (non-hydrogen) atoms. The van der Waals surface area contributed by atoms with E-state index in [1.54, 1.807) is 18.2 Å². The number of anilines is 1. The van der Waals surface area contributed by atoms with Gasteiger partial charge in [-0.2, -0.15) is 0 Å². The first-order chi connectivity index (χ1) is 9.11. The summed E-state index contributed by atoms with van der Waals surface area (Å²) in [5, 5.41) is 12.2. The number of nitrogen functional groups attached to an aromatic ring is 1. The summed E-state index contributed by atoms with van der Waals surface area (Å²) >= 11 is 3.32. The molecular weight excluding hydrogens is 308 g/mol. The van der Waals surface area contributed by atoms with E-state index in [1.165, 1.54) is 0 Å². The van der Waals surface area contributed by atoms with Crippen molar-refractivity contribution < 1.29 is 9.90 Å². The zero-order chi connectivity index (χ0) is 13.8. The van der Waals surface area contributed by atoms with Crippen molar-refractivity contribution in [2.75, 3.05) is 18.9 Å². The van der Waals surface area contributed by atoms with Crippen molar-refractivity contribution in [3.63, 3.8) is 0 Å². The Labute approximate surface area is 121 Å². The molecule has 104 valence electrons. The van der Waals surface area contributed by atoms with E-state index in [1.807, 2.05) is 0 Å². The third-order valence-corrected chi connectivity index (χ3v) is 4.33. The maximum absolute atomic E-state index is 12.1. The summed E-state index contributed by atoms with van der Waals surface area (Å²) in [7, 11) is 0. The lowest BCUT2D eigenvalue weighted by Gasteiger charge is -2.18. The number of nitrogens with two attached hydrogens (primary N) is 1. The summed E-state index contributed by atoms with van der Waals surface area (Å²) in [6.45, 7) is 0.820. The van der Waals surface area contributed by atoms with E-state index in [9.17, 15) is 9.90 Å². The first-order valence-corrected chi connectivity index (χ1v) is 7.35. The number of aliphatic hydroxyl groups excluding tert-OH is 1. The van der Waals surface area contributed by atoms with Gasteiger partial charge in [-0.05, 0) is 42.9 Å². The lowest BCUT2D eigenvalue weighted by molar-refractivity contribution is 0.0938. The fourth-order valence-corrected chi connectivity index (χ4v) is 3.06. The molecule has 0 spiro atoms. The van der Waals surface area contributed by atoms with Gasteiger partial charge >= 0.3 is 0 Å². The molecule has 0 aliphatic heterocycles. The number of carbonyl (C=O) groups is 1. The fourth-order valence-electron chi connectivity index (χ4n) is 2.68. The minimum Gasteiger partial charge on any atom is -0.398 e. The van der Waals surface area contributed by atoms with E-state index in [-0.39, 0.29) is 12.5 Å². The summed E-state index contributed by atoms with van der Waals surface area (Å²) in [5.41, 5.74) is 6.80. The van der Waals surface area contributed by atoms with Crippen LogP contribution >= 0.6 is 15.9 Å². The van der Waals surface area contributed by atoms with Gasteiger partial charge in [-0.15, -0.1) is 0 Å². The van der Waals surface area contributed by atoms with Crippen molar-refractivity contribution in [2.24, 2.45) is 11.8 Å². The lowest BCUT2D eigenvalue weighted by Crippen LogP contribution is -2.32. The molecule has 2 rings (SSSR count). The van der Waals surface area contributed by atoms with Crippen molar-refractivity contribution in [1.29, 1.82) is 0 Å². The molecular formula is C14H19BrN2O2. The predicted molar refractivity (Wildman–Crippen MR) is 78.8 cm³/mol. The summed E-state index contributed by atoms with van der Waals surface area (Å²) in [6, 6.07) is 5.24. The van der Waals surface area contributed by atoms with Gasteiger partial charge in [0.25, 0.3) is 5.91 Å². The number of rotatable bonds is 4. The summed E-state index contributed by atoms with van der Waals surface area (Å²) in [5.74, 6) is 0.557. The van der Waals surface area contributed by atoms with E-state index >= 15 is 0 Å². The number of hydrogen-bond donors (Lipinski definition) is 3. The van der Waals surface area contributed by atoms with E-state index in [0.717, 1.165) is 23.7 Å². The molecule has 0 heterocycles. The molecule has 0 aromatic heterocycles.